The maximum absolute atomic E-state index is 15.4. The van der Waals surface area contributed by atoms with Crippen molar-refractivity contribution in [2.75, 3.05) is 46.3 Å². The summed E-state index contributed by atoms with van der Waals surface area (Å²) in [6.07, 6.45) is 0.837. The molecule has 3 amide bonds. The number of urea groups is 1. The molecule has 2 atom stereocenters. The van der Waals surface area contributed by atoms with Crippen LogP contribution in [0.3, 0.4) is 0 Å². The number of benzene rings is 3. The van der Waals surface area contributed by atoms with E-state index in [2.05, 4.69) is 10.6 Å². The van der Waals surface area contributed by atoms with Crippen molar-refractivity contribution in [1.29, 1.82) is 0 Å². The Balaban J connectivity index is 1.42. The number of carbonyl (C=O) groups is 2. The topological polar surface area (TPSA) is 103 Å². The minimum atomic E-state index is -0.660. The number of nitrogens with one attached hydrogen (secondary N) is 2. The molecule has 0 bridgehead atoms. The van der Waals surface area contributed by atoms with E-state index in [0.717, 1.165) is 0 Å². The summed E-state index contributed by atoms with van der Waals surface area (Å²) in [5.74, 6) is -0.554. The summed E-state index contributed by atoms with van der Waals surface area (Å²) < 4.78 is 26.2. The lowest BCUT2D eigenvalue weighted by Crippen LogP contribution is -2.43. The zero-order chi connectivity index (χ0) is 30.8. The van der Waals surface area contributed by atoms with Crippen molar-refractivity contribution in [3.8, 4) is 28.0 Å². The molecule has 2 heterocycles. The lowest BCUT2D eigenvalue weighted by molar-refractivity contribution is -0.113. The minimum Gasteiger partial charge on any atom is -0.496 e. The minimum absolute atomic E-state index is 0.141. The van der Waals surface area contributed by atoms with E-state index in [1.165, 1.54) is 29.2 Å². The van der Waals surface area contributed by atoms with Crippen molar-refractivity contribution in [2.45, 2.75) is 18.7 Å². The van der Waals surface area contributed by atoms with Crippen molar-refractivity contribution in [3.05, 3.63) is 81.7 Å². The molecule has 3 aromatic rings. The summed E-state index contributed by atoms with van der Waals surface area (Å²) in [5.41, 5.74) is 3.30. The molecule has 2 aliphatic rings. The molecule has 3 aromatic carbocycles. The highest BCUT2D eigenvalue weighted by atomic mass is 35.5. The monoisotopic (exact) mass is 628 g/mol. The van der Waals surface area contributed by atoms with Crippen LogP contribution in [-0.2, 0) is 16.1 Å². The number of likely N-dealkylation sites (N-methyl/N-ethyl adjacent to an activating group) is 1. The number of anilines is 1. The van der Waals surface area contributed by atoms with Crippen LogP contribution in [0.1, 0.15) is 5.56 Å². The van der Waals surface area contributed by atoms with E-state index in [4.69, 9.17) is 32.7 Å². The van der Waals surface area contributed by atoms with E-state index < -0.39 is 17.8 Å². The normalized spacial score (nSPS) is 18.6. The van der Waals surface area contributed by atoms with Crippen LogP contribution in [0.4, 0.5) is 14.9 Å². The van der Waals surface area contributed by atoms with Crippen molar-refractivity contribution in [3.63, 3.8) is 0 Å². The number of nitrogens with zero attached hydrogens (tertiary/aromatic N) is 2. The Morgan fingerprint density at radius 1 is 1.09 bits per heavy atom. The van der Waals surface area contributed by atoms with Gasteiger partial charge in [-0.1, -0.05) is 53.5 Å². The molecule has 12 heteroatoms. The Morgan fingerprint density at radius 2 is 1.79 bits per heavy atom. The van der Waals surface area contributed by atoms with Crippen molar-refractivity contribution in [2.24, 2.45) is 0 Å². The van der Waals surface area contributed by atoms with Gasteiger partial charge in [0.15, 0.2) is 0 Å². The van der Waals surface area contributed by atoms with Gasteiger partial charge in [-0.25, -0.2) is 9.18 Å². The summed E-state index contributed by atoms with van der Waals surface area (Å²) in [6, 6.07) is 13.1. The van der Waals surface area contributed by atoms with Crippen molar-refractivity contribution >= 4 is 40.8 Å². The quantitative estimate of drug-likeness (QED) is 0.319. The molecule has 0 unspecified atom stereocenters. The van der Waals surface area contributed by atoms with Crippen LogP contribution in [0.5, 0.6) is 5.75 Å². The molecule has 0 aromatic heterocycles. The molecular weight excluding hydrogens is 598 g/mol. The fraction of sp³-hybridized carbons (Fsp3) is 0.290. The van der Waals surface area contributed by atoms with Gasteiger partial charge >= 0.3 is 6.03 Å². The van der Waals surface area contributed by atoms with E-state index >= 15 is 4.39 Å². The van der Waals surface area contributed by atoms with Crippen LogP contribution in [0.2, 0.25) is 10.0 Å². The second kappa shape index (κ2) is 12.9. The first-order chi connectivity index (χ1) is 20.6. The average Bonchev–Trinajstić information content (AvgIpc) is 3.40. The fourth-order valence-corrected chi connectivity index (χ4v) is 5.76. The first-order valence-electron chi connectivity index (χ1n) is 13.5. The summed E-state index contributed by atoms with van der Waals surface area (Å²) >= 11 is 13.7. The summed E-state index contributed by atoms with van der Waals surface area (Å²) in [7, 11) is 4.66. The number of hydrogen-bond acceptors (Lipinski definition) is 6. The molecule has 43 heavy (non-hydrogen) atoms. The lowest BCUT2D eigenvalue weighted by atomic mass is 9.97. The molecule has 0 saturated carbocycles. The van der Waals surface area contributed by atoms with E-state index in [1.807, 2.05) is 0 Å². The maximum Gasteiger partial charge on any atom is 0.323 e. The Labute approximate surface area is 258 Å². The van der Waals surface area contributed by atoms with Crippen LogP contribution >= 0.6 is 23.2 Å². The molecule has 2 aliphatic heterocycles. The van der Waals surface area contributed by atoms with Gasteiger partial charge < -0.3 is 35.0 Å². The first kappa shape index (κ1) is 30.8. The molecule has 0 spiro atoms. The lowest BCUT2D eigenvalue weighted by Gasteiger charge is -2.29. The van der Waals surface area contributed by atoms with E-state index in [-0.39, 0.29) is 36.8 Å². The smallest absolute Gasteiger partial charge is 0.323 e. The number of aliphatic hydroxyl groups is 1. The highest BCUT2D eigenvalue weighted by molar-refractivity contribution is 6.39. The number of hydrogen-bond donors (Lipinski definition) is 3. The van der Waals surface area contributed by atoms with Crippen LogP contribution in [0.25, 0.3) is 22.3 Å². The predicted octanol–water partition coefficient (Wildman–Crippen LogP) is 5.14. The number of carbonyl (C=O) groups excluding carboxylic acids is 2. The Bertz CT molecular complexity index is 1600. The van der Waals surface area contributed by atoms with Crippen LogP contribution in [0.15, 0.2) is 60.3 Å². The highest BCUT2D eigenvalue weighted by Gasteiger charge is 2.27. The third-order valence-electron chi connectivity index (χ3n) is 7.49. The fourth-order valence-electron chi connectivity index (χ4n) is 5.15. The van der Waals surface area contributed by atoms with E-state index in [0.29, 0.717) is 56.5 Å². The molecule has 226 valence electrons. The van der Waals surface area contributed by atoms with Gasteiger partial charge in [-0.05, 0) is 23.8 Å². The molecule has 1 saturated heterocycles. The van der Waals surface area contributed by atoms with Crippen LogP contribution in [0, 0.1) is 5.82 Å². The molecule has 0 radical (unpaired) electrons. The van der Waals surface area contributed by atoms with Gasteiger partial charge in [0.1, 0.15) is 11.6 Å². The highest BCUT2D eigenvalue weighted by Crippen LogP contribution is 2.42. The number of halogens is 3. The van der Waals surface area contributed by atoms with Gasteiger partial charge in [-0.15, -0.1) is 0 Å². The molecule has 9 nitrogen and oxygen atoms in total. The van der Waals surface area contributed by atoms with Gasteiger partial charge in [0.05, 0.1) is 60.3 Å². The summed E-state index contributed by atoms with van der Waals surface area (Å²) in [4.78, 5) is 27.8. The molecule has 3 N–H and O–H groups in total. The molecule has 0 aliphatic carbocycles. The number of amides is 3. The van der Waals surface area contributed by atoms with Gasteiger partial charge in [0.25, 0.3) is 5.91 Å². The summed E-state index contributed by atoms with van der Waals surface area (Å²) in [5, 5.41) is 16.6. The van der Waals surface area contributed by atoms with Gasteiger partial charge in [-0.2, -0.15) is 0 Å². The largest absolute Gasteiger partial charge is 0.496 e. The second-order valence-electron chi connectivity index (χ2n) is 10.4. The standard InChI is InChI=1S/C31H31Cl2FN4O5/c1-37-13-18(14-38(2)31(37)41)30(40)36-24-9-5-8-21(29(24)33)20-7-4-6-19(28(20)32)17-10-23(34)22(27(11-17)42-3)12-35-25-15-43-16-26(25)39/h4-11,13,25-26,35,39H,12,14-16H2,1-3H3,(H,36,40)/t25-,26+/m1/s1. The van der Waals surface area contributed by atoms with Crippen molar-refractivity contribution < 1.29 is 28.6 Å². The Morgan fingerprint density at radius 3 is 2.47 bits per heavy atom. The third kappa shape index (κ3) is 6.34. The van der Waals surface area contributed by atoms with Gasteiger partial charge in [-0.3, -0.25) is 4.79 Å². The SMILES string of the molecule is COc1cc(-c2cccc(-c3cccc(NC(=O)C4=CN(C)C(=O)N(C)C4)c3Cl)c2Cl)cc(F)c1CN[C@@H]1COC[C@@H]1O. The molecular formula is C31H31Cl2FN4O5. The summed E-state index contributed by atoms with van der Waals surface area (Å²) in [6.45, 7) is 0.875. The zero-order valence-corrected chi connectivity index (χ0v) is 25.3. The van der Waals surface area contributed by atoms with Gasteiger partial charge in [0, 0.05) is 49.1 Å². The zero-order valence-electron chi connectivity index (χ0n) is 23.8. The van der Waals surface area contributed by atoms with Crippen LogP contribution in [-0.4, -0.2) is 80.0 Å². The Kier molecular flexibility index (Phi) is 9.24. The predicted molar refractivity (Wildman–Crippen MR) is 164 cm³/mol. The average molecular weight is 630 g/mol. The molecule has 1 fully saturated rings. The number of methoxy groups -OCH3 is 1. The number of ether oxygens (including phenoxy) is 2. The van der Waals surface area contributed by atoms with Gasteiger partial charge in [0.2, 0.25) is 0 Å². The molecule has 5 rings (SSSR count). The maximum atomic E-state index is 15.4. The number of rotatable bonds is 8. The first-order valence-corrected chi connectivity index (χ1v) is 14.3. The number of aliphatic hydroxyl groups excluding tert-OH is 1. The second-order valence-corrected chi connectivity index (χ2v) is 11.2. The van der Waals surface area contributed by atoms with Crippen LogP contribution < -0.4 is 15.4 Å². The van der Waals surface area contributed by atoms with Crippen molar-refractivity contribution in [1.82, 2.24) is 15.1 Å². The van der Waals surface area contributed by atoms with E-state index in [9.17, 15) is 14.7 Å². The van der Waals surface area contributed by atoms with E-state index in [1.54, 1.807) is 56.6 Å². The Hall–Kier alpha value is -3.67. The third-order valence-corrected chi connectivity index (χ3v) is 8.30.